The highest BCUT2D eigenvalue weighted by Crippen LogP contribution is 2.33. The van der Waals surface area contributed by atoms with Gasteiger partial charge in [-0.05, 0) is 13.0 Å². The van der Waals surface area contributed by atoms with Crippen LogP contribution in [-0.4, -0.2) is 31.2 Å². The Morgan fingerprint density at radius 2 is 1.93 bits per heavy atom. The van der Waals surface area contributed by atoms with E-state index in [1.54, 1.807) is 19.1 Å². The maximum atomic E-state index is 12.8. The Hall–Kier alpha value is -1.90. The van der Waals surface area contributed by atoms with Crippen LogP contribution >= 0.6 is 35.3 Å². The number of alkyl halides is 5. The first-order chi connectivity index (χ1) is 13.7. The van der Waals surface area contributed by atoms with Gasteiger partial charge in [0.15, 0.2) is 23.2 Å². The van der Waals surface area contributed by atoms with Crippen molar-refractivity contribution in [3.8, 4) is 11.5 Å². The number of rotatable bonds is 8. The zero-order valence-electron chi connectivity index (χ0n) is 15.9. The van der Waals surface area contributed by atoms with Crippen LogP contribution in [0.25, 0.3) is 0 Å². The largest absolute Gasteiger partial charge is 0.490 e. The van der Waals surface area contributed by atoms with Gasteiger partial charge in [-0.3, -0.25) is 4.99 Å². The second-order valence-corrected chi connectivity index (χ2v) is 6.40. The van der Waals surface area contributed by atoms with E-state index < -0.39 is 18.5 Å². The van der Waals surface area contributed by atoms with Gasteiger partial charge in [0, 0.05) is 24.5 Å². The number of halogens is 6. The molecule has 2 N–H and O–H groups in total. The van der Waals surface area contributed by atoms with Crippen LogP contribution < -0.4 is 20.1 Å². The number of guanidine groups is 1. The van der Waals surface area contributed by atoms with Crippen LogP contribution in [-0.2, 0) is 19.3 Å². The molecule has 2 aromatic rings. The molecule has 0 atom stereocenters. The van der Waals surface area contributed by atoms with Crippen molar-refractivity contribution >= 4 is 41.3 Å². The summed E-state index contributed by atoms with van der Waals surface area (Å²) in [6.45, 7) is -0.965. The molecule has 1 heterocycles. The summed E-state index contributed by atoms with van der Waals surface area (Å²) in [5.74, 6) is 0.332. The maximum absolute atomic E-state index is 12.8. The Morgan fingerprint density at radius 1 is 1.23 bits per heavy atom. The minimum atomic E-state index is -4.50. The summed E-state index contributed by atoms with van der Waals surface area (Å²) < 4.78 is 73.2. The molecule has 0 fully saturated rings. The lowest BCUT2D eigenvalue weighted by Crippen LogP contribution is -2.36. The smallest absolute Gasteiger partial charge is 0.434 e. The standard InChI is InChI=1S/C17H19F5N4O2S.HI/c1-3-27-11-6-4-5-10(14(11)28-15(18)19)7-24-16(23-2)25-8-13-26-12(9-29-13)17(20,21)22;/h4-6,9,15H,3,7-8H2,1-2H3,(H2,23,24,25);1H. The lowest BCUT2D eigenvalue weighted by Gasteiger charge is -2.17. The van der Waals surface area contributed by atoms with Gasteiger partial charge in [-0.15, -0.1) is 35.3 Å². The molecule has 0 saturated heterocycles. The van der Waals surface area contributed by atoms with Gasteiger partial charge in [-0.1, -0.05) is 12.1 Å². The van der Waals surface area contributed by atoms with Crippen LogP contribution in [0.2, 0.25) is 0 Å². The summed E-state index contributed by atoms with van der Waals surface area (Å²) in [6, 6.07) is 4.72. The second kappa shape index (κ2) is 12.1. The second-order valence-electron chi connectivity index (χ2n) is 5.46. The van der Waals surface area contributed by atoms with E-state index in [9.17, 15) is 22.0 Å². The van der Waals surface area contributed by atoms with Crippen LogP contribution in [0.5, 0.6) is 11.5 Å². The van der Waals surface area contributed by atoms with Gasteiger partial charge < -0.3 is 20.1 Å². The first kappa shape index (κ1) is 26.1. The van der Waals surface area contributed by atoms with Crippen molar-refractivity contribution < 1.29 is 31.4 Å². The lowest BCUT2D eigenvalue weighted by molar-refractivity contribution is -0.140. The Balaban J connectivity index is 0.00000450. The van der Waals surface area contributed by atoms with E-state index in [1.807, 2.05) is 0 Å². The first-order valence-electron chi connectivity index (χ1n) is 8.40. The molecule has 168 valence electrons. The van der Waals surface area contributed by atoms with Crippen molar-refractivity contribution in [2.24, 2.45) is 4.99 Å². The number of thiazole rings is 1. The Kier molecular flexibility index (Phi) is 10.5. The number of nitrogens with zero attached hydrogens (tertiary/aromatic N) is 2. The minimum absolute atomic E-state index is 0. The highest BCUT2D eigenvalue weighted by molar-refractivity contribution is 14.0. The zero-order valence-corrected chi connectivity index (χ0v) is 19.1. The number of para-hydroxylation sites is 1. The monoisotopic (exact) mass is 566 g/mol. The van der Waals surface area contributed by atoms with Crippen LogP contribution in [0.4, 0.5) is 22.0 Å². The van der Waals surface area contributed by atoms with Gasteiger partial charge >= 0.3 is 12.8 Å². The third-order valence-electron chi connectivity index (χ3n) is 3.49. The third-order valence-corrected chi connectivity index (χ3v) is 4.34. The van der Waals surface area contributed by atoms with E-state index in [4.69, 9.17) is 4.74 Å². The van der Waals surface area contributed by atoms with E-state index in [2.05, 4.69) is 25.3 Å². The van der Waals surface area contributed by atoms with Crippen molar-refractivity contribution in [1.29, 1.82) is 0 Å². The Bertz CT molecular complexity index is 833. The Morgan fingerprint density at radius 3 is 2.50 bits per heavy atom. The summed E-state index contributed by atoms with van der Waals surface area (Å²) in [4.78, 5) is 7.47. The molecule has 6 nitrogen and oxygen atoms in total. The highest BCUT2D eigenvalue weighted by atomic mass is 127. The quantitative estimate of drug-likeness (QED) is 0.211. The summed E-state index contributed by atoms with van der Waals surface area (Å²) in [7, 11) is 1.46. The molecule has 0 amide bonds. The molecule has 0 unspecified atom stereocenters. The first-order valence-corrected chi connectivity index (χ1v) is 9.28. The molecular formula is C17H20F5IN4O2S. The average molecular weight is 566 g/mol. The fraction of sp³-hybridized carbons (Fsp3) is 0.412. The van der Waals surface area contributed by atoms with E-state index in [-0.39, 0.29) is 66.1 Å². The van der Waals surface area contributed by atoms with E-state index in [0.717, 1.165) is 16.7 Å². The van der Waals surface area contributed by atoms with E-state index in [0.29, 0.717) is 5.56 Å². The number of benzene rings is 1. The number of nitrogens with one attached hydrogen (secondary N) is 2. The van der Waals surface area contributed by atoms with E-state index >= 15 is 0 Å². The van der Waals surface area contributed by atoms with Gasteiger partial charge in [-0.2, -0.15) is 22.0 Å². The molecule has 30 heavy (non-hydrogen) atoms. The molecular weight excluding hydrogens is 546 g/mol. The average Bonchev–Trinajstić information content (AvgIpc) is 3.13. The molecule has 0 aliphatic rings. The van der Waals surface area contributed by atoms with Crippen molar-refractivity contribution in [3.05, 3.63) is 39.8 Å². The highest BCUT2D eigenvalue weighted by Gasteiger charge is 2.33. The Labute approximate surface area is 190 Å². The van der Waals surface area contributed by atoms with E-state index in [1.165, 1.54) is 13.1 Å². The number of hydrogen-bond acceptors (Lipinski definition) is 5. The summed E-state index contributed by atoms with van der Waals surface area (Å²) in [6.07, 6.45) is -4.50. The third kappa shape index (κ3) is 7.74. The topological polar surface area (TPSA) is 67.8 Å². The molecule has 0 saturated carbocycles. The predicted octanol–water partition coefficient (Wildman–Crippen LogP) is 4.65. The van der Waals surface area contributed by atoms with Crippen molar-refractivity contribution in [2.45, 2.75) is 32.8 Å². The van der Waals surface area contributed by atoms with Gasteiger partial charge in [-0.25, -0.2) is 4.98 Å². The molecule has 2 rings (SSSR count). The summed E-state index contributed by atoms with van der Waals surface area (Å²) >= 11 is 0.864. The van der Waals surface area contributed by atoms with Crippen molar-refractivity contribution in [2.75, 3.05) is 13.7 Å². The maximum Gasteiger partial charge on any atom is 0.434 e. The predicted molar refractivity (Wildman–Crippen MR) is 114 cm³/mol. The number of ether oxygens (including phenoxy) is 2. The molecule has 13 heteroatoms. The van der Waals surface area contributed by atoms with Gasteiger partial charge in [0.25, 0.3) is 0 Å². The minimum Gasteiger partial charge on any atom is -0.490 e. The fourth-order valence-corrected chi connectivity index (χ4v) is 3.01. The molecule has 0 radical (unpaired) electrons. The molecule has 0 spiro atoms. The molecule has 0 aliphatic heterocycles. The van der Waals surface area contributed by atoms with Gasteiger partial charge in [0.05, 0.1) is 13.2 Å². The summed E-state index contributed by atoms with van der Waals surface area (Å²) in [5, 5.41) is 6.86. The van der Waals surface area contributed by atoms with Crippen LogP contribution in [0, 0.1) is 0 Å². The van der Waals surface area contributed by atoms with Crippen LogP contribution in [0.1, 0.15) is 23.2 Å². The molecule has 1 aromatic carbocycles. The van der Waals surface area contributed by atoms with Crippen LogP contribution in [0.3, 0.4) is 0 Å². The van der Waals surface area contributed by atoms with Gasteiger partial charge in [0.1, 0.15) is 5.01 Å². The lowest BCUT2D eigenvalue weighted by atomic mass is 10.2. The molecule has 1 aromatic heterocycles. The number of hydrogen-bond donors (Lipinski definition) is 2. The normalized spacial score (nSPS) is 11.8. The van der Waals surface area contributed by atoms with Crippen LogP contribution in [0.15, 0.2) is 28.6 Å². The number of aromatic nitrogens is 1. The zero-order chi connectivity index (χ0) is 21.4. The fourth-order valence-electron chi connectivity index (χ4n) is 2.27. The van der Waals surface area contributed by atoms with Gasteiger partial charge in [0.2, 0.25) is 0 Å². The molecule has 0 aliphatic carbocycles. The molecule has 0 bridgehead atoms. The number of aliphatic imine (C=N–C) groups is 1. The summed E-state index contributed by atoms with van der Waals surface area (Å²) in [5.41, 5.74) is -0.559. The SMILES string of the molecule is CCOc1cccc(CNC(=NC)NCc2nc(C(F)(F)F)cs2)c1OC(F)F.I. The van der Waals surface area contributed by atoms with Crippen molar-refractivity contribution in [3.63, 3.8) is 0 Å². The van der Waals surface area contributed by atoms with Crippen molar-refractivity contribution in [1.82, 2.24) is 15.6 Å².